The van der Waals surface area contributed by atoms with E-state index < -0.39 is 23.4 Å². The van der Waals surface area contributed by atoms with Gasteiger partial charge in [0.05, 0.1) is 5.92 Å². The molecule has 2 N–H and O–H groups in total. The molecule has 0 aromatic heterocycles. The van der Waals surface area contributed by atoms with Crippen LogP contribution in [-0.2, 0) is 9.59 Å². The first-order valence-corrected chi connectivity index (χ1v) is 13.4. The van der Waals surface area contributed by atoms with E-state index in [1.807, 2.05) is 11.9 Å². The van der Waals surface area contributed by atoms with Crippen molar-refractivity contribution in [3.8, 4) is 0 Å². The van der Waals surface area contributed by atoms with Crippen LogP contribution in [0.15, 0.2) is 0 Å². The summed E-state index contributed by atoms with van der Waals surface area (Å²) in [6.45, 7) is 5.28. The fraction of sp³-hybridized carbons (Fsp3) is 0.920. The number of amides is 2. The van der Waals surface area contributed by atoms with Gasteiger partial charge in [0.15, 0.2) is 0 Å². The Balaban J connectivity index is 1.38. The van der Waals surface area contributed by atoms with Crippen LogP contribution < -0.4 is 10.6 Å². The molecule has 0 aromatic rings. The largest absolute Gasteiger partial charge is 0.393 e. The molecule has 0 aromatic carbocycles. The number of hydrogen-bond donors (Lipinski definition) is 2. The average Bonchev–Trinajstić information content (AvgIpc) is 2.77. The number of fused-ring (bicyclic) bond motifs is 1. The van der Waals surface area contributed by atoms with Gasteiger partial charge in [-0.1, -0.05) is 6.92 Å². The summed E-state index contributed by atoms with van der Waals surface area (Å²) in [7, 11) is 1.93. The summed E-state index contributed by atoms with van der Waals surface area (Å²) in [5, 5.41) is 5.66. The van der Waals surface area contributed by atoms with Crippen molar-refractivity contribution in [2.45, 2.75) is 94.9 Å². The van der Waals surface area contributed by atoms with Gasteiger partial charge in [-0.05, 0) is 76.0 Å². The molecule has 194 valence electrons. The van der Waals surface area contributed by atoms with E-state index in [0.29, 0.717) is 30.7 Å². The van der Waals surface area contributed by atoms with E-state index in [9.17, 15) is 22.8 Å². The predicted octanol–water partition coefficient (Wildman–Crippen LogP) is 4.34. The highest BCUT2D eigenvalue weighted by Crippen LogP contribution is 2.45. The fourth-order valence-corrected chi connectivity index (χ4v) is 7.50. The molecule has 34 heavy (non-hydrogen) atoms. The third kappa shape index (κ3) is 5.37. The molecule has 0 bridgehead atoms. The minimum Gasteiger partial charge on any atom is -0.353 e. The smallest absolute Gasteiger partial charge is 0.353 e. The minimum atomic E-state index is -4.38. The van der Waals surface area contributed by atoms with E-state index in [1.165, 1.54) is 0 Å². The second kappa shape index (κ2) is 10.2. The number of halogens is 4. The number of carbonyl (C=O) groups is 2. The molecular weight excluding hydrogens is 467 g/mol. The van der Waals surface area contributed by atoms with Gasteiger partial charge < -0.3 is 15.5 Å². The fourth-order valence-electron chi connectivity index (χ4n) is 7.13. The molecule has 5 nitrogen and oxygen atoms in total. The first-order chi connectivity index (χ1) is 16.0. The van der Waals surface area contributed by atoms with Gasteiger partial charge in [-0.25, -0.2) is 0 Å². The van der Waals surface area contributed by atoms with Crippen LogP contribution >= 0.6 is 11.6 Å². The molecule has 0 radical (unpaired) electrons. The molecular formula is C25H39ClF3N3O2. The van der Waals surface area contributed by atoms with E-state index in [0.717, 1.165) is 32.2 Å². The lowest BCUT2D eigenvalue weighted by Crippen LogP contribution is -2.60. The van der Waals surface area contributed by atoms with Crippen LogP contribution in [0.5, 0.6) is 0 Å². The topological polar surface area (TPSA) is 61.4 Å². The lowest BCUT2D eigenvalue weighted by molar-refractivity contribution is -0.184. The van der Waals surface area contributed by atoms with Crippen molar-refractivity contribution >= 4 is 23.4 Å². The van der Waals surface area contributed by atoms with E-state index in [1.54, 1.807) is 0 Å². The number of alkyl halides is 4. The maximum atomic E-state index is 13.4. The number of rotatable bonds is 3. The summed E-state index contributed by atoms with van der Waals surface area (Å²) in [5.41, 5.74) is 0. The Bertz CT molecular complexity index is 766. The molecule has 2 aliphatic heterocycles. The molecule has 2 saturated carbocycles. The van der Waals surface area contributed by atoms with Gasteiger partial charge in [-0.2, -0.15) is 13.2 Å². The quantitative estimate of drug-likeness (QED) is 0.561. The van der Waals surface area contributed by atoms with Crippen molar-refractivity contribution < 1.29 is 22.8 Å². The van der Waals surface area contributed by atoms with Crippen molar-refractivity contribution in [2.24, 2.45) is 35.5 Å². The number of nitrogens with zero attached hydrogens (tertiary/aromatic N) is 1. The summed E-state index contributed by atoms with van der Waals surface area (Å²) in [4.78, 5) is 28.3. The third-order valence-electron chi connectivity index (χ3n) is 9.27. The molecule has 2 aliphatic carbocycles. The Morgan fingerprint density at radius 3 is 2.53 bits per heavy atom. The van der Waals surface area contributed by atoms with E-state index in [2.05, 4.69) is 24.5 Å². The first-order valence-electron chi connectivity index (χ1n) is 13.0. The van der Waals surface area contributed by atoms with Crippen LogP contribution in [0.4, 0.5) is 13.2 Å². The molecule has 4 rings (SSSR count). The normalized spacial score (nSPS) is 43.9. The number of hydrogen-bond acceptors (Lipinski definition) is 3. The maximum Gasteiger partial charge on any atom is 0.393 e. The summed E-state index contributed by atoms with van der Waals surface area (Å²) in [6, 6.07) is 0.604. The Morgan fingerprint density at radius 1 is 1.09 bits per heavy atom. The van der Waals surface area contributed by atoms with Gasteiger partial charge in [0.2, 0.25) is 11.8 Å². The lowest BCUT2D eigenvalue weighted by atomic mass is 9.65. The molecule has 4 fully saturated rings. The number of carbonyl (C=O) groups excluding carboxylic acids is 2. The number of likely N-dealkylation sites (tertiary alicyclic amines) is 1. The van der Waals surface area contributed by atoms with Gasteiger partial charge in [-0.3, -0.25) is 9.59 Å². The second-order valence-electron chi connectivity index (χ2n) is 11.5. The molecule has 4 aliphatic rings. The minimum absolute atomic E-state index is 0.0579. The Morgan fingerprint density at radius 2 is 1.82 bits per heavy atom. The van der Waals surface area contributed by atoms with Gasteiger partial charge in [0, 0.05) is 48.9 Å². The van der Waals surface area contributed by atoms with Crippen molar-refractivity contribution in [3.63, 3.8) is 0 Å². The lowest BCUT2D eigenvalue weighted by Gasteiger charge is -2.50. The summed E-state index contributed by atoms with van der Waals surface area (Å²) in [6.07, 6.45) is 0.241. The summed E-state index contributed by atoms with van der Waals surface area (Å²) >= 11 is 5.94. The highest BCUT2D eigenvalue weighted by atomic mass is 35.5. The van der Waals surface area contributed by atoms with Crippen molar-refractivity contribution in [1.29, 1.82) is 0 Å². The molecule has 0 spiro atoms. The highest BCUT2D eigenvalue weighted by molar-refractivity contribution is 6.20. The molecule has 10 atom stereocenters. The molecule has 2 heterocycles. The van der Waals surface area contributed by atoms with Crippen LogP contribution in [0, 0.1) is 35.5 Å². The third-order valence-corrected chi connectivity index (χ3v) is 9.79. The first kappa shape index (κ1) is 26.1. The molecule has 10 unspecified atom stereocenters. The van der Waals surface area contributed by atoms with Crippen LogP contribution in [-0.4, -0.2) is 60.0 Å². The zero-order valence-electron chi connectivity index (χ0n) is 20.4. The zero-order valence-corrected chi connectivity index (χ0v) is 21.2. The molecule has 2 amide bonds. The van der Waals surface area contributed by atoms with Crippen LogP contribution in [0.2, 0.25) is 0 Å². The van der Waals surface area contributed by atoms with Gasteiger partial charge in [-0.15, -0.1) is 11.6 Å². The van der Waals surface area contributed by atoms with Crippen molar-refractivity contribution in [1.82, 2.24) is 15.5 Å². The van der Waals surface area contributed by atoms with Crippen molar-refractivity contribution in [2.75, 3.05) is 13.6 Å². The van der Waals surface area contributed by atoms with E-state index >= 15 is 0 Å². The monoisotopic (exact) mass is 505 g/mol. The Hall–Kier alpha value is -1.02. The number of piperidine rings is 2. The highest BCUT2D eigenvalue weighted by Gasteiger charge is 2.49. The second-order valence-corrected chi connectivity index (χ2v) is 12.1. The zero-order chi connectivity index (χ0) is 24.8. The van der Waals surface area contributed by atoms with E-state index in [4.69, 9.17) is 11.6 Å². The summed E-state index contributed by atoms with van der Waals surface area (Å²) < 4.78 is 40.0. The van der Waals surface area contributed by atoms with E-state index in [-0.39, 0.29) is 48.6 Å². The molecule has 2 saturated heterocycles. The van der Waals surface area contributed by atoms with Crippen LogP contribution in [0.1, 0.15) is 65.2 Å². The maximum absolute atomic E-state index is 13.4. The van der Waals surface area contributed by atoms with Crippen LogP contribution in [0.25, 0.3) is 0 Å². The van der Waals surface area contributed by atoms with Crippen LogP contribution in [0.3, 0.4) is 0 Å². The van der Waals surface area contributed by atoms with Gasteiger partial charge in [0.1, 0.15) is 0 Å². The predicted molar refractivity (Wildman–Crippen MR) is 125 cm³/mol. The summed E-state index contributed by atoms with van der Waals surface area (Å²) in [5.74, 6) is -1.42. The van der Waals surface area contributed by atoms with Gasteiger partial charge >= 0.3 is 6.18 Å². The Labute approximate surface area is 205 Å². The molecule has 9 heteroatoms. The Kier molecular flexibility index (Phi) is 7.78. The average molecular weight is 506 g/mol. The SMILES string of the molecule is CC1CC2C(CN1)CC(C1CC(NC(=O)C3CCC(Cl)C(C(F)(F)F)C3)CCC1C)C(=O)N2C. The van der Waals surface area contributed by atoms with Crippen molar-refractivity contribution in [3.05, 3.63) is 0 Å². The van der Waals surface area contributed by atoms with Gasteiger partial charge in [0.25, 0.3) is 0 Å². The standard InChI is InChI=1S/C25H39ClF3N3O2/c1-13-4-6-17(31-23(33)15-5-7-21(26)20(10-15)25(27,28)29)11-18(13)19-9-16-12-30-14(2)8-22(16)32(3)24(19)34/h13-22,30H,4-12H2,1-3H3,(H,31,33). The number of nitrogens with one attached hydrogen (secondary N) is 2.